The highest BCUT2D eigenvalue weighted by Gasteiger charge is 2.63. The first kappa shape index (κ1) is 8.52. The van der Waals surface area contributed by atoms with Gasteiger partial charge in [-0.2, -0.15) is 0 Å². The molecule has 4 atom stereocenters. The van der Waals surface area contributed by atoms with Crippen LogP contribution in [0.5, 0.6) is 0 Å². The lowest BCUT2D eigenvalue weighted by molar-refractivity contribution is 0.136. The summed E-state index contributed by atoms with van der Waals surface area (Å²) in [7, 11) is 0. The van der Waals surface area contributed by atoms with Gasteiger partial charge in [-0.3, -0.25) is 0 Å². The van der Waals surface area contributed by atoms with Crippen LogP contribution < -0.4 is 11.5 Å². The Bertz CT molecular complexity index is 212. The van der Waals surface area contributed by atoms with Gasteiger partial charge in [0.1, 0.15) is 0 Å². The molecule has 2 heteroatoms. The second kappa shape index (κ2) is 2.05. The Hall–Kier alpha value is -0.0800. The van der Waals surface area contributed by atoms with Crippen LogP contribution in [0.3, 0.4) is 0 Å². The van der Waals surface area contributed by atoms with E-state index < -0.39 is 0 Å². The highest BCUT2D eigenvalue weighted by Crippen LogP contribution is 2.64. The molecule has 0 aromatic rings. The van der Waals surface area contributed by atoms with Crippen molar-refractivity contribution < 1.29 is 0 Å². The zero-order chi connectivity index (χ0) is 9.15. The van der Waals surface area contributed by atoms with Gasteiger partial charge in [-0.05, 0) is 29.6 Å². The van der Waals surface area contributed by atoms with Crippen molar-refractivity contribution in [1.82, 2.24) is 0 Å². The van der Waals surface area contributed by atoms with Crippen molar-refractivity contribution in [3.8, 4) is 0 Å². The van der Waals surface area contributed by atoms with E-state index in [1.165, 1.54) is 12.8 Å². The molecule has 70 valence electrons. The van der Waals surface area contributed by atoms with Crippen molar-refractivity contribution in [1.29, 1.82) is 0 Å². The lowest BCUT2D eigenvalue weighted by Gasteiger charge is -2.37. The minimum Gasteiger partial charge on any atom is -0.326 e. The molecule has 0 aromatic heterocycles. The van der Waals surface area contributed by atoms with Crippen LogP contribution in [0, 0.1) is 16.7 Å². The monoisotopic (exact) mass is 168 g/mol. The number of hydrogen-bond donors (Lipinski definition) is 2. The number of rotatable bonds is 0. The quantitative estimate of drug-likeness (QED) is 0.569. The zero-order valence-corrected chi connectivity index (χ0v) is 8.30. The molecule has 2 nitrogen and oxygen atoms in total. The van der Waals surface area contributed by atoms with E-state index in [0.29, 0.717) is 11.3 Å². The summed E-state index contributed by atoms with van der Waals surface area (Å²) in [6, 6.07) is 0.449. The third-order valence-corrected chi connectivity index (χ3v) is 4.99. The van der Waals surface area contributed by atoms with Crippen LogP contribution in [0.1, 0.15) is 33.6 Å². The van der Waals surface area contributed by atoms with Crippen molar-refractivity contribution in [2.45, 2.75) is 45.7 Å². The molecule has 0 amide bonds. The average Bonchev–Trinajstić information content (AvgIpc) is 2.26. The van der Waals surface area contributed by atoms with Crippen LogP contribution in [0.15, 0.2) is 0 Å². The summed E-state index contributed by atoms with van der Waals surface area (Å²) >= 11 is 0. The highest BCUT2D eigenvalue weighted by atomic mass is 14.9. The molecule has 2 saturated carbocycles. The number of fused-ring (bicyclic) bond motifs is 2. The van der Waals surface area contributed by atoms with Gasteiger partial charge in [0, 0.05) is 12.1 Å². The van der Waals surface area contributed by atoms with Gasteiger partial charge in [0.25, 0.3) is 0 Å². The molecule has 0 aromatic carbocycles. The largest absolute Gasteiger partial charge is 0.326 e. The van der Waals surface area contributed by atoms with Gasteiger partial charge in [-0.25, -0.2) is 0 Å². The fourth-order valence-electron chi connectivity index (χ4n) is 3.51. The summed E-state index contributed by atoms with van der Waals surface area (Å²) in [5.41, 5.74) is 12.9. The SMILES string of the molecule is CC1(C)[C@H]2CC[C@@]1(C)[C@@H](N)[C@@H]2N. The van der Waals surface area contributed by atoms with Crippen molar-refractivity contribution in [3.63, 3.8) is 0 Å². The van der Waals surface area contributed by atoms with E-state index in [9.17, 15) is 0 Å². The highest BCUT2D eigenvalue weighted by molar-refractivity contribution is 5.17. The summed E-state index contributed by atoms with van der Waals surface area (Å²) in [6.45, 7) is 6.97. The molecule has 2 bridgehead atoms. The van der Waals surface area contributed by atoms with Gasteiger partial charge in [0.15, 0.2) is 0 Å². The third-order valence-electron chi connectivity index (χ3n) is 4.99. The van der Waals surface area contributed by atoms with Gasteiger partial charge < -0.3 is 11.5 Å². The van der Waals surface area contributed by atoms with Crippen molar-refractivity contribution >= 4 is 0 Å². The van der Waals surface area contributed by atoms with E-state index in [1.54, 1.807) is 0 Å². The molecule has 2 aliphatic carbocycles. The van der Waals surface area contributed by atoms with E-state index >= 15 is 0 Å². The van der Waals surface area contributed by atoms with Crippen LogP contribution in [0.4, 0.5) is 0 Å². The topological polar surface area (TPSA) is 52.0 Å². The van der Waals surface area contributed by atoms with Crippen LogP contribution in [-0.2, 0) is 0 Å². The normalized spacial score (nSPS) is 56.2. The molecular formula is C10H20N2. The van der Waals surface area contributed by atoms with Crippen LogP contribution in [-0.4, -0.2) is 12.1 Å². The summed E-state index contributed by atoms with van der Waals surface area (Å²) in [4.78, 5) is 0. The van der Waals surface area contributed by atoms with E-state index in [-0.39, 0.29) is 17.5 Å². The summed E-state index contributed by atoms with van der Waals surface area (Å²) in [5.74, 6) is 0.650. The van der Waals surface area contributed by atoms with Crippen LogP contribution in [0.2, 0.25) is 0 Å². The fourth-order valence-corrected chi connectivity index (χ4v) is 3.51. The molecule has 2 fully saturated rings. The van der Waals surface area contributed by atoms with E-state index in [0.717, 1.165) is 0 Å². The van der Waals surface area contributed by atoms with Crippen molar-refractivity contribution in [2.75, 3.05) is 0 Å². The molecule has 0 saturated heterocycles. The Morgan fingerprint density at radius 2 is 1.75 bits per heavy atom. The molecule has 0 unspecified atom stereocenters. The van der Waals surface area contributed by atoms with Crippen molar-refractivity contribution in [2.24, 2.45) is 28.2 Å². The molecule has 2 aliphatic rings. The molecule has 0 radical (unpaired) electrons. The first-order valence-corrected chi connectivity index (χ1v) is 4.92. The Labute approximate surface area is 74.7 Å². The second-order valence-electron chi connectivity index (χ2n) is 5.39. The molecule has 2 rings (SSSR count). The van der Waals surface area contributed by atoms with E-state index in [2.05, 4.69) is 20.8 Å². The summed E-state index contributed by atoms with van der Waals surface area (Å²) in [6.07, 6.45) is 2.54. The predicted octanol–water partition coefficient (Wildman–Crippen LogP) is 1.10. The van der Waals surface area contributed by atoms with Crippen LogP contribution in [0.25, 0.3) is 0 Å². The maximum Gasteiger partial charge on any atom is 0.0255 e. The molecule has 0 aliphatic heterocycles. The average molecular weight is 168 g/mol. The van der Waals surface area contributed by atoms with E-state index in [1.807, 2.05) is 0 Å². The minimum atomic E-state index is 0.214. The molecule has 4 N–H and O–H groups in total. The first-order valence-electron chi connectivity index (χ1n) is 4.92. The third kappa shape index (κ3) is 0.647. The van der Waals surface area contributed by atoms with Gasteiger partial charge in [-0.1, -0.05) is 20.8 Å². The zero-order valence-electron chi connectivity index (χ0n) is 8.30. The second-order valence-corrected chi connectivity index (χ2v) is 5.39. The lowest BCUT2D eigenvalue weighted by atomic mass is 9.69. The molecular weight excluding hydrogens is 148 g/mol. The lowest BCUT2D eigenvalue weighted by Crippen LogP contribution is -2.50. The smallest absolute Gasteiger partial charge is 0.0255 e. The fraction of sp³-hybridized carbons (Fsp3) is 1.00. The number of nitrogens with two attached hydrogens (primary N) is 2. The minimum absolute atomic E-state index is 0.214. The van der Waals surface area contributed by atoms with E-state index in [4.69, 9.17) is 11.5 Å². The van der Waals surface area contributed by atoms with Gasteiger partial charge >= 0.3 is 0 Å². The van der Waals surface area contributed by atoms with Gasteiger partial charge in [0.2, 0.25) is 0 Å². The molecule has 12 heavy (non-hydrogen) atoms. The van der Waals surface area contributed by atoms with Gasteiger partial charge in [0.05, 0.1) is 0 Å². The Balaban J connectivity index is 2.44. The standard InChI is InChI=1S/C10H20N2/c1-9(2)6-4-5-10(9,3)8(12)7(6)11/h6-8H,4-5,11-12H2,1-3H3/t6-,7+,8-,10-/m0/s1. The van der Waals surface area contributed by atoms with Gasteiger partial charge in [-0.15, -0.1) is 0 Å². The Kier molecular flexibility index (Phi) is 1.45. The maximum atomic E-state index is 6.15. The summed E-state index contributed by atoms with van der Waals surface area (Å²) in [5, 5.41) is 0. The maximum absolute atomic E-state index is 6.15. The number of hydrogen-bond acceptors (Lipinski definition) is 2. The first-order chi connectivity index (χ1) is 5.41. The predicted molar refractivity (Wildman–Crippen MR) is 50.6 cm³/mol. The Morgan fingerprint density at radius 3 is 2.00 bits per heavy atom. The molecule has 0 spiro atoms. The van der Waals surface area contributed by atoms with Crippen LogP contribution >= 0.6 is 0 Å². The van der Waals surface area contributed by atoms with Crippen molar-refractivity contribution in [3.05, 3.63) is 0 Å². The summed E-state index contributed by atoms with van der Waals surface area (Å²) < 4.78 is 0. The molecule has 0 heterocycles. The Morgan fingerprint density at radius 1 is 1.17 bits per heavy atom.